The maximum Gasteiger partial charge on any atom is 0.337 e. The van der Waals surface area contributed by atoms with Crippen LogP contribution in [0.15, 0.2) is 109 Å². The van der Waals surface area contributed by atoms with Gasteiger partial charge in [-0.25, -0.2) is 19.3 Å². The predicted molar refractivity (Wildman–Crippen MR) is 273 cm³/mol. The molecular formula is C57H65N9O7. The first-order chi connectivity index (χ1) is 34.3. The van der Waals surface area contributed by atoms with Gasteiger partial charge in [0, 0.05) is 86.1 Å². The molecule has 9 rings (SSSR count). The van der Waals surface area contributed by atoms with Crippen molar-refractivity contribution in [2.24, 2.45) is 50.2 Å². The van der Waals surface area contributed by atoms with E-state index in [0.717, 1.165) is 32.4 Å². The van der Waals surface area contributed by atoms with Gasteiger partial charge in [0.1, 0.15) is 0 Å². The van der Waals surface area contributed by atoms with E-state index in [0.29, 0.717) is 48.9 Å². The van der Waals surface area contributed by atoms with E-state index in [4.69, 9.17) is 24.8 Å². The lowest BCUT2D eigenvalue weighted by molar-refractivity contribution is -0.132. The molecule has 3 aromatic heterocycles. The van der Waals surface area contributed by atoms with Crippen LogP contribution in [0, 0.1) is 70.0 Å². The Labute approximate surface area is 428 Å². The van der Waals surface area contributed by atoms with Crippen LogP contribution in [0.4, 0.5) is 0 Å². The number of hydrogen-bond donors (Lipinski definition) is 2. The van der Waals surface area contributed by atoms with Gasteiger partial charge >= 0.3 is 5.97 Å². The van der Waals surface area contributed by atoms with Gasteiger partial charge in [0.05, 0.1) is 36.4 Å². The van der Waals surface area contributed by atoms with Gasteiger partial charge in [-0.15, -0.1) is 0 Å². The number of nitrogens with zero attached hydrogens (tertiary/aromatic N) is 8. The standard InChI is InChI=1S/2C19H21N3O2.C13H18N2O.C6H5NO2/c2*1-18(2)15-7-9-22(17(24)13-6-5-8-21-11-13)12-19(15,3)10-14(20-4)16(18)23;1-12(2)10-5-6-15-8-13(10,3)7-9(14-4)11(12)16;8-6(9)5-2-1-3-7-4-5/h2*5-6,8,10-11,15H,7,9,12H2,1-3H3;7,10,15H,5-6,8H2,1-3H3;1-4H,(H,8,9)/t2*15-,19+;10-,13+;/m100./s1. The summed E-state index contributed by atoms with van der Waals surface area (Å²) in [6.45, 7) is 43.8. The van der Waals surface area contributed by atoms with Gasteiger partial charge < -0.3 is 34.6 Å². The number of carbonyl (C=O) groups is 6. The molecule has 73 heavy (non-hydrogen) atoms. The van der Waals surface area contributed by atoms with Gasteiger partial charge in [0.2, 0.25) is 17.1 Å². The monoisotopic (exact) mass is 988 g/mol. The average Bonchev–Trinajstić information content (AvgIpc) is 3.38. The third-order valence-corrected chi connectivity index (χ3v) is 16.1. The quantitative estimate of drug-likeness (QED) is 0.239. The molecule has 0 radical (unpaired) electrons. The Balaban J connectivity index is 0.000000167. The zero-order valence-corrected chi connectivity index (χ0v) is 43.2. The molecular weight excluding hydrogens is 923 g/mol. The third-order valence-electron chi connectivity index (χ3n) is 16.1. The summed E-state index contributed by atoms with van der Waals surface area (Å²) in [6, 6.07) is 10.1. The number of carbonyl (C=O) groups excluding carboxylic acids is 5. The second-order valence-corrected chi connectivity index (χ2v) is 22.3. The van der Waals surface area contributed by atoms with E-state index in [1.54, 1.807) is 67.3 Å². The molecule has 0 saturated carbocycles. The van der Waals surface area contributed by atoms with Crippen molar-refractivity contribution in [1.29, 1.82) is 0 Å². The number of ketones is 3. The van der Waals surface area contributed by atoms with Gasteiger partial charge in [0.25, 0.3) is 11.8 Å². The van der Waals surface area contributed by atoms with E-state index >= 15 is 0 Å². The molecule has 3 aliphatic carbocycles. The largest absolute Gasteiger partial charge is 0.478 e. The zero-order chi connectivity index (χ0) is 53.7. The molecule has 0 unspecified atom stereocenters. The summed E-state index contributed by atoms with van der Waals surface area (Å²) < 4.78 is 0. The summed E-state index contributed by atoms with van der Waals surface area (Å²) >= 11 is 0. The number of amides is 2. The zero-order valence-electron chi connectivity index (χ0n) is 43.2. The average molecular weight is 988 g/mol. The minimum absolute atomic E-state index is 0.0203. The van der Waals surface area contributed by atoms with E-state index in [9.17, 15) is 28.8 Å². The van der Waals surface area contributed by atoms with E-state index < -0.39 is 22.2 Å². The van der Waals surface area contributed by atoms with E-state index in [1.807, 2.05) is 57.4 Å². The van der Waals surface area contributed by atoms with Gasteiger partial charge in [-0.2, -0.15) is 0 Å². The molecule has 2 N–H and O–H groups in total. The molecule has 6 aliphatic rings. The number of hydrogen-bond acceptors (Lipinski definition) is 10. The second kappa shape index (κ2) is 21.3. The number of Topliss-reactive ketones (excluding diaryl/α,β-unsaturated/α-hetero) is 3. The van der Waals surface area contributed by atoms with E-state index in [1.165, 1.54) is 18.5 Å². The number of rotatable bonds is 3. The number of carboxylic acids is 1. The number of aromatic carboxylic acids is 1. The van der Waals surface area contributed by atoms with Crippen LogP contribution in [-0.2, 0) is 14.4 Å². The molecule has 2 amide bonds. The number of likely N-dealkylation sites (tertiary alicyclic amines) is 2. The SMILES string of the molecule is O=C(O)c1cccnc1.[C-]#[N+]C1=C[C@@]2(C)CN(C(=O)c3cccnc3)CC[C@@H]2C(C)(C)C1=O.[C-]#[N+]C1=C[C@]2(C)CN(C(=O)c3cccnc3)CC[C@H]2C(C)(C)C1=O.[C-]#[N+]C1=C[C@]2(C)CNCC[C@H]2C(C)(C)C1=O. The van der Waals surface area contributed by atoms with Gasteiger partial charge in [0.15, 0.2) is 17.3 Å². The lowest BCUT2D eigenvalue weighted by Gasteiger charge is -2.53. The van der Waals surface area contributed by atoms with Crippen molar-refractivity contribution >= 4 is 35.1 Å². The Hall–Kier alpha value is -7.48. The fourth-order valence-electron chi connectivity index (χ4n) is 12.5. The lowest BCUT2D eigenvalue weighted by Crippen LogP contribution is -2.56. The highest BCUT2D eigenvalue weighted by Gasteiger charge is 2.56. The number of piperidine rings is 3. The van der Waals surface area contributed by atoms with Crippen molar-refractivity contribution in [2.75, 3.05) is 39.3 Å². The number of fused-ring (bicyclic) bond motifs is 3. The van der Waals surface area contributed by atoms with Crippen LogP contribution in [-0.4, -0.2) is 104 Å². The highest BCUT2D eigenvalue weighted by atomic mass is 16.4. The maximum absolute atomic E-state index is 12.7. The van der Waals surface area contributed by atoms with Crippen LogP contribution in [0.5, 0.6) is 0 Å². The molecule has 16 nitrogen and oxygen atoms in total. The number of nitrogens with one attached hydrogen (secondary N) is 1. The van der Waals surface area contributed by atoms with Crippen molar-refractivity contribution in [3.05, 3.63) is 160 Å². The summed E-state index contributed by atoms with van der Waals surface area (Å²) in [4.78, 5) is 98.4. The van der Waals surface area contributed by atoms with Crippen LogP contribution in [0.3, 0.4) is 0 Å². The van der Waals surface area contributed by atoms with Crippen molar-refractivity contribution in [1.82, 2.24) is 30.1 Å². The molecule has 0 spiro atoms. The number of aromatic nitrogens is 3. The lowest BCUT2D eigenvalue weighted by atomic mass is 9.55. The summed E-state index contributed by atoms with van der Waals surface area (Å²) in [7, 11) is 0. The van der Waals surface area contributed by atoms with Gasteiger partial charge in [-0.3, -0.25) is 24.5 Å². The number of allylic oxidation sites excluding steroid dienone is 3. The van der Waals surface area contributed by atoms with Gasteiger partial charge in [-0.05, 0) is 96.2 Å². The first-order valence-corrected chi connectivity index (χ1v) is 24.5. The molecule has 0 bridgehead atoms. The molecule has 3 saturated heterocycles. The minimum atomic E-state index is -0.942. The minimum Gasteiger partial charge on any atom is -0.478 e. The number of carboxylic acid groups (broad SMARTS) is 1. The van der Waals surface area contributed by atoms with Crippen LogP contribution >= 0.6 is 0 Å². The maximum atomic E-state index is 12.7. The third kappa shape index (κ3) is 11.0. The Kier molecular flexibility index (Phi) is 16.0. The van der Waals surface area contributed by atoms with E-state index in [-0.39, 0.29) is 74.2 Å². The Morgan fingerprint density at radius 3 is 1.22 bits per heavy atom. The Morgan fingerprint density at radius 1 is 0.562 bits per heavy atom. The number of pyridine rings is 3. The van der Waals surface area contributed by atoms with Crippen LogP contribution < -0.4 is 5.32 Å². The van der Waals surface area contributed by atoms with Crippen molar-refractivity contribution < 1.29 is 33.9 Å². The van der Waals surface area contributed by atoms with Crippen molar-refractivity contribution in [2.45, 2.75) is 81.6 Å². The predicted octanol–water partition coefficient (Wildman–Crippen LogP) is 8.72. The summed E-state index contributed by atoms with van der Waals surface area (Å²) in [5.41, 5.74) is -0.240. The Morgan fingerprint density at radius 2 is 0.904 bits per heavy atom. The topological polar surface area (TPSA) is 193 Å². The summed E-state index contributed by atoms with van der Waals surface area (Å²) in [5.74, 6) is -0.569. The molecule has 380 valence electrons. The fourth-order valence-corrected chi connectivity index (χ4v) is 12.5. The molecule has 3 aliphatic heterocycles. The molecule has 3 fully saturated rings. The first-order valence-electron chi connectivity index (χ1n) is 24.5. The van der Waals surface area contributed by atoms with Crippen LogP contribution in [0.2, 0.25) is 0 Å². The Bertz CT molecular complexity index is 2740. The first kappa shape index (κ1) is 54.8. The smallest absolute Gasteiger partial charge is 0.337 e. The second-order valence-electron chi connectivity index (χ2n) is 22.3. The van der Waals surface area contributed by atoms with Gasteiger partial charge in [-0.1, -0.05) is 80.5 Å². The molecule has 6 heterocycles. The van der Waals surface area contributed by atoms with Crippen molar-refractivity contribution in [3.8, 4) is 0 Å². The van der Waals surface area contributed by atoms with Crippen LogP contribution in [0.25, 0.3) is 14.5 Å². The van der Waals surface area contributed by atoms with E-state index in [2.05, 4.69) is 55.6 Å². The van der Waals surface area contributed by atoms with Crippen LogP contribution in [0.1, 0.15) is 113 Å². The normalized spacial score (nSPS) is 28.1. The highest BCUT2D eigenvalue weighted by molar-refractivity contribution is 6.04. The highest BCUT2D eigenvalue weighted by Crippen LogP contribution is 2.54. The molecule has 16 heteroatoms. The fraction of sp³-hybridized carbons (Fsp3) is 0.474. The molecule has 3 aromatic rings. The molecule has 0 aromatic carbocycles. The summed E-state index contributed by atoms with van der Waals surface area (Å²) in [5, 5.41) is 11.7. The van der Waals surface area contributed by atoms with Crippen molar-refractivity contribution in [3.63, 3.8) is 0 Å². The summed E-state index contributed by atoms with van der Waals surface area (Å²) in [6.07, 6.45) is 17.3. The molecule has 6 atom stereocenters.